The zero-order valence-corrected chi connectivity index (χ0v) is 11.2. The molecule has 2 aromatic rings. The maximum atomic E-state index is 11.7. The van der Waals surface area contributed by atoms with Crippen molar-refractivity contribution < 1.29 is 19.4 Å². The van der Waals surface area contributed by atoms with Gasteiger partial charge in [-0.15, -0.1) is 0 Å². The van der Waals surface area contributed by atoms with Gasteiger partial charge in [0, 0.05) is 18.1 Å². The van der Waals surface area contributed by atoms with E-state index in [-0.39, 0.29) is 18.9 Å². The number of aliphatic carboxylic acids is 1. The Balaban J connectivity index is 1.83. The average Bonchev–Trinajstić information content (AvgIpc) is 2.48. The second-order valence-corrected chi connectivity index (χ2v) is 4.40. The molecule has 0 unspecified atom stereocenters. The number of carbonyl (C=O) groups is 2. The summed E-state index contributed by atoms with van der Waals surface area (Å²) in [6.07, 6.45) is -0.147. The van der Waals surface area contributed by atoms with Gasteiger partial charge in [-0.2, -0.15) is 0 Å². The summed E-state index contributed by atoms with van der Waals surface area (Å²) in [5.74, 6) is -0.800. The molecule has 0 fully saturated rings. The molecule has 21 heavy (non-hydrogen) atoms. The Morgan fingerprint density at radius 1 is 1.00 bits per heavy atom. The van der Waals surface area contributed by atoms with E-state index in [1.165, 1.54) is 0 Å². The van der Waals surface area contributed by atoms with Crippen LogP contribution in [0.15, 0.2) is 54.6 Å². The lowest BCUT2D eigenvalue weighted by molar-refractivity contribution is -0.304. The van der Waals surface area contributed by atoms with Crippen molar-refractivity contribution in [3.05, 3.63) is 60.2 Å². The molecule has 1 amide bonds. The second kappa shape index (κ2) is 7.09. The summed E-state index contributed by atoms with van der Waals surface area (Å²) < 4.78 is 5.32. The van der Waals surface area contributed by atoms with E-state index < -0.39 is 5.97 Å². The molecule has 0 atom stereocenters. The fraction of sp³-hybridized carbons (Fsp3) is 0.125. The molecule has 0 aliphatic heterocycles. The SMILES string of the molecule is O=C([O-])Cc1ccc(NC(=O)COc2ccccc2)cc1. The molecule has 0 bridgehead atoms. The van der Waals surface area contributed by atoms with Crippen LogP contribution in [0.1, 0.15) is 5.56 Å². The number of amides is 1. The number of hydrogen-bond donors (Lipinski definition) is 1. The van der Waals surface area contributed by atoms with Gasteiger partial charge < -0.3 is 20.0 Å². The third-order valence-corrected chi connectivity index (χ3v) is 2.70. The zero-order chi connectivity index (χ0) is 15.1. The van der Waals surface area contributed by atoms with Gasteiger partial charge in [-0.1, -0.05) is 30.3 Å². The van der Waals surface area contributed by atoms with Crippen LogP contribution < -0.4 is 15.2 Å². The molecule has 0 radical (unpaired) electrons. The van der Waals surface area contributed by atoms with Crippen LogP contribution in [-0.2, 0) is 16.0 Å². The van der Waals surface area contributed by atoms with Crippen molar-refractivity contribution in [2.75, 3.05) is 11.9 Å². The minimum absolute atomic E-state index is 0.0924. The first-order valence-electron chi connectivity index (χ1n) is 6.40. The highest BCUT2D eigenvalue weighted by molar-refractivity contribution is 5.91. The third kappa shape index (κ3) is 4.99. The highest BCUT2D eigenvalue weighted by Crippen LogP contribution is 2.11. The van der Waals surface area contributed by atoms with Crippen molar-refractivity contribution in [1.82, 2.24) is 0 Å². The minimum Gasteiger partial charge on any atom is -0.550 e. The predicted molar refractivity (Wildman–Crippen MR) is 75.7 cm³/mol. The smallest absolute Gasteiger partial charge is 0.262 e. The summed E-state index contributed by atoms with van der Waals surface area (Å²) in [5.41, 5.74) is 1.20. The molecule has 5 heteroatoms. The van der Waals surface area contributed by atoms with Gasteiger partial charge in [0.15, 0.2) is 6.61 Å². The maximum Gasteiger partial charge on any atom is 0.262 e. The van der Waals surface area contributed by atoms with Crippen molar-refractivity contribution in [3.8, 4) is 5.75 Å². The van der Waals surface area contributed by atoms with E-state index in [4.69, 9.17) is 4.74 Å². The Morgan fingerprint density at radius 2 is 1.67 bits per heavy atom. The van der Waals surface area contributed by atoms with Crippen molar-refractivity contribution in [2.24, 2.45) is 0 Å². The van der Waals surface area contributed by atoms with E-state index in [0.717, 1.165) is 0 Å². The molecule has 5 nitrogen and oxygen atoms in total. The molecule has 0 aliphatic rings. The summed E-state index contributed by atoms with van der Waals surface area (Å²) in [6.45, 7) is -0.0924. The summed E-state index contributed by atoms with van der Waals surface area (Å²) in [6, 6.07) is 15.6. The lowest BCUT2D eigenvalue weighted by atomic mass is 10.1. The average molecular weight is 284 g/mol. The van der Waals surface area contributed by atoms with Crippen molar-refractivity contribution in [1.29, 1.82) is 0 Å². The molecular formula is C16H14NO4-. The number of carboxylic acids is 1. The summed E-state index contributed by atoms with van der Waals surface area (Å²) in [5, 5.41) is 13.1. The molecule has 2 aromatic carbocycles. The maximum absolute atomic E-state index is 11.7. The minimum atomic E-state index is -1.14. The summed E-state index contributed by atoms with van der Waals surface area (Å²) >= 11 is 0. The molecule has 0 spiro atoms. The third-order valence-electron chi connectivity index (χ3n) is 2.70. The topological polar surface area (TPSA) is 78.5 Å². The van der Waals surface area contributed by atoms with Crippen LogP contribution in [0.3, 0.4) is 0 Å². The lowest BCUT2D eigenvalue weighted by Crippen LogP contribution is -2.24. The number of carbonyl (C=O) groups excluding carboxylic acids is 2. The second-order valence-electron chi connectivity index (χ2n) is 4.40. The quantitative estimate of drug-likeness (QED) is 0.858. The molecule has 0 heterocycles. The Kier molecular flexibility index (Phi) is 4.93. The van der Waals surface area contributed by atoms with Crippen molar-refractivity contribution >= 4 is 17.6 Å². The molecular weight excluding hydrogens is 270 g/mol. The molecule has 1 N–H and O–H groups in total. The van der Waals surface area contributed by atoms with E-state index in [0.29, 0.717) is 17.0 Å². The molecule has 0 aliphatic carbocycles. The standard InChI is InChI=1S/C16H15NO4/c18-15(11-21-14-4-2-1-3-5-14)17-13-8-6-12(7-9-13)10-16(19)20/h1-9H,10-11H2,(H,17,18)(H,19,20)/p-1. The first-order valence-corrected chi connectivity index (χ1v) is 6.40. The van der Waals surface area contributed by atoms with Crippen LogP contribution in [0.2, 0.25) is 0 Å². The summed E-state index contributed by atoms with van der Waals surface area (Å²) in [7, 11) is 0. The number of ether oxygens (including phenoxy) is 1. The highest BCUT2D eigenvalue weighted by atomic mass is 16.5. The number of hydrogen-bond acceptors (Lipinski definition) is 4. The van der Waals surface area contributed by atoms with Crippen molar-refractivity contribution in [2.45, 2.75) is 6.42 Å². The Labute approximate surface area is 122 Å². The Morgan fingerprint density at radius 3 is 2.29 bits per heavy atom. The first kappa shape index (κ1) is 14.6. The van der Waals surface area contributed by atoms with E-state index in [1.807, 2.05) is 18.2 Å². The van der Waals surface area contributed by atoms with Gasteiger partial charge in [0.25, 0.3) is 5.91 Å². The number of para-hydroxylation sites is 1. The monoisotopic (exact) mass is 284 g/mol. The van der Waals surface area contributed by atoms with Gasteiger partial charge in [-0.3, -0.25) is 4.79 Å². The number of rotatable bonds is 6. The van der Waals surface area contributed by atoms with Crippen LogP contribution in [0, 0.1) is 0 Å². The van der Waals surface area contributed by atoms with Gasteiger partial charge in [-0.25, -0.2) is 0 Å². The predicted octanol–water partition coefficient (Wildman–Crippen LogP) is 0.996. The van der Waals surface area contributed by atoms with E-state index in [1.54, 1.807) is 36.4 Å². The van der Waals surface area contributed by atoms with Crippen LogP contribution in [0.4, 0.5) is 5.69 Å². The Bertz CT molecular complexity index is 608. The summed E-state index contributed by atoms with van der Waals surface area (Å²) in [4.78, 5) is 22.2. The number of nitrogens with one attached hydrogen (secondary N) is 1. The number of benzene rings is 2. The van der Waals surface area contributed by atoms with Gasteiger partial charge in [0.2, 0.25) is 0 Å². The van der Waals surface area contributed by atoms with Gasteiger partial charge in [0.1, 0.15) is 5.75 Å². The van der Waals surface area contributed by atoms with Crippen LogP contribution in [0.5, 0.6) is 5.75 Å². The van der Waals surface area contributed by atoms with Gasteiger partial charge >= 0.3 is 0 Å². The van der Waals surface area contributed by atoms with Gasteiger partial charge in [0.05, 0.1) is 0 Å². The largest absolute Gasteiger partial charge is 0.550 e. The number of anilines is 1. The molecule has 0 saturated heterocycles. The highest BCUT2D eigenvalue weighted by Gasteiger charge is 2.03. The fourth-order valence-corrected chi connectivity index (χ4v) is 1.74. The molecule has 108 valence electrons. The van der Waals surface area contributed by atoms with Crippen molar-refractivity contribution in [3.63, 3.8) is 0 Å². The first-order chi connectivity index (χ1) is 10.1. The fourth-order valence-electron chi connectivity index (χ4n) is 1.74. The molecule has 2 rings (SSSR count). The van der Waals surface area contributed by atoms with E-state index >= 15 is 0 Å². The number of carboxylic acid groups (broad SMARTS) is 1. The van der Waals surface area contributed by atoms with Crippen LogP contribution in [-0.4, -0.2) is 18.5 Å². The van der Waals surface area contributed by atoms with E-state index in [2.05, 4.69) is 5.32 Å². The zero-order valence-electron chi connectivity index (χ0n) is 11.2. The molecule has 0 saturated carbocycles. The van der Waals surface area contributed by atoms with Gasteiger partial charge in [-0.05, 0) is 29.8 Å². The van der Waals surface area contributed by atoms with E-state index in [9.17, 15) is 14.7 Å². The van der Waals surface area contributed by atoms with Crippen LogP contribution in [0.25, 0.3) is 0 Å². The molecule has 0 aromatic heterocycles. The normalized spacial score (nSPS) is 9.90. The van der Waals surface area contributed by atoms with Crippen LogP contribution >= 0.6 is 0 Å². The lowest BCUT2D eigenvalue weighted by Gasteiger charge is -2.08. The Hall–Kier alpha value is -2.82.